The van der Waals surface area contributed by atoms with E-state index in [0.29, 0.717) is 19.4 Å². The molecule has 0 aliphatic rings. The molecule has 0 bridgehead atoms. The smallest absolute Gasteiger partial charge is 0.223 e. The van der Waals surface area contributed by atoms with Crippen molar-refractivity contribution >= 4 is 11.7 Å². The van der Waals surface area contributed by atoms with Gasteiger partial charge >= 0.3 is 0 Å². The van der Waals surface area contributed by atoms with E-state index in [1.807, 2.05) is 44.2 Å². The van der Waals surface area contributed by atoms with Gasteiger partial charge in [-0.15, -0.1) is 0 Å². The maximum atomic E-state index is 12.2. The normalized spacial score (nSPS) is 11.7. The van der Waals surface area contributed by atoms with Crippen LogP contribution in [0.1, 0.15) is 32.3 Å². The van der Waals surface area contributed by atoms with E-state index >= 15 is 0 Å². The highest BCUT2D eigenvalue weighted by molar-refractivity contribution is 5.81. The van der Waals surface area contributed by atoms with Crippen molar-refractivity contribution in [2.24, 2.45) is 10.9 Å². The lowest BCUT2D eigenvalue weighted by Crippen LogP contribution is -2.39. The monoisotopic (exact) mass is 277 g/mol. The Labute approximate surface area is 120 Å². The molecule has 0 aliphatic heterocycles. The zero-order valence-electron chi connectivity index (χ0n) is 12.1. The van der Waals surface area contributed by atoms with Gasteiger partial charge in [0.05, 0.1) is 0 Å². The first kappa shape index (κ1) is 16.0. The van der Waals surface area contributed by atoms with Gasteiger partial charge in [0.1, 0.15) is 5.84 Å². The Hall–Kier alpha value is -2.04. The van der Waals surface area contributed by atoms with Gasteiger partial charge in [-0.05, 0) is 25.8 Å². The molecular weight excluding hydrogens is 254 g/mol. The Morgan fingerprint density at radius 1 is 1.30 bits per heavy atom. The summed E-state index contributed by atoms with van der Waals surface area (Å²) in [7, 11) is 0. The van der Waals surface area contributed by atoms with E-state index < -0.39 is 0 Å². The summed E-state index contributed by atoms with van der Waals surface area (Å²) in [5, 5.41) is 11.5. The molecule has 0 radical (unpaired) electrons. The van der Waals surface area contributed by atoms with Gasteiger partial charge in [-0.3, -0.25) is 4.79 Å². The van der Waals surface area contributed by atoms with Crippen LogP contribution in [0.4, 0.5) is 0 Å². The molecule has 0 unspecified atom stereocenters. The molecule has 1 amide bonds. The predicted molar refractivity (Wildman–Crippen MR) is 79.6 cm³/mol. The van der Waals surface area contributed by atoms with Crippen molar-refractivity contribution in [1.29, 1.82) is 0 Å². The van der Waals surface area contributed by atoms with Crippen LogP contribution in [0.2, 0.25) is 0 Å². The quantitative estimate of drug-likeness (QED) is 0.346. The van der Waals surface area contributed by atoms with Crippen LogP contribution in [0.15, 0.2) is 35.5 Å². The number of amidine groups is 1. The van der Waals surface area contributed by atoms with E-state index in [4.69, 9.17) is 10.9 Å². The fraction of sp³-hybridized carbons (Fsp3) is 0.467. The van der Waals surface area contributed by atoms with Gasteiger partial charge in [-0.25, -0.2) is 0 Å². The van der Waals surface area contributed by atoms with Gasteiger partial charge in [0, 0.05) is 25.4 Å². The highest BCUT2D eigenvalue weighted by Gasteiger charge is 2.16. The first-order valence-electron chi connectivity index (χ1n) is 6.84. The van der Waals surface area contributed by atoms with Crippen molar-refractivity contribution in [2.75, 3.05) is 6.54 Å². The standard InChI is InChI=1S/C15H23N3O2/c1-12(2)18(11-10-14(16)17-20)15(19)9-8-13-6-4-3-5-7-13/h3-7,12,20H,8-11H2,1-2H3,(H2,16,17). The molecule has 1 aromatic rings. The van der Waals surface area contributed by atoms with Crippen LogP contribution < -0.4 is 5.73 Å². The summed E-state index contributed by atoms with van der Waals surface area (Å²) < 4.78 is 0. The van der Waals surface area contributed by atoms with E-state index in [2.05, 4.69) is 5.16 Å². The second-order valence-electron chi connectivity index (χ2n) is 5.01. The predicted octanol–water partition coefficient (Wildman–Crippen LogP) is 1.99. The van der Waals surface area contributed by atoms with Gasteiger partial charge in [-0.1, -0.05) is 35.5 Å². The summed E-state index contributed by atoms with van der Waals surface area (Å²) in [5.74, 6) is 0.237. The molecule has 0 spiro atoms. The second-order valence-corrected chi connectivity index (χ2v) is 5.01. The number of amides is 1. The number of hydrogen-bond donors (Lipinski definition) is 2. The SMILES string of the molecule is CC(C)N(CCC(N)=NO)C(=O)CCc1ccccc1. The van der Waals surface area contributed by atoms with Crippen molar-refractivity contribution < 1.29 is 10.0 Å². The van der Waals surface area contributed by atoms with E-state index in [9.17, 15) is 4.79 Å². The molecule has 1 rings (SSSR count). The van der Waals surface area contributed by atoms with Crippen LogP contribution in [0.5, 0.6) is 0 Å². The summed E-state index contributed by atoms with van der Waals surface area (Å²) in [6.07, 6.45) is 1.58. The lowest BCUT2D eigenvalue weighted by Gasteiger charge is -2.26. The minimum atomic E-state index is 0.0922. The first-order chi connectivity index (χ1) is 9.54. The number of rotatable bonds is 7. The van der Waals surface area contributed by atoms with E-state index in [-0.39, 0.29) is 17.8 Å². The minimum absolute atomic E-state index is 0.0922. The van der Waals surface area contributed by atoms with Crippen molar-refractivity contribution in [3.63, 3.8) is 0 Å². The van der Waals surface area contributed by atoms with Crippen LogP contribution in [0.25, 0.3) is 0 Å². The molecule has 0 aromatic heterocycles. The zero-order chi connectivity index (χ0) is 15.0. The molecule has 5 heteroatoms. The average Bonchev–Trinajstić information content (AvgIpc) is 2.45. The largest absolute Gasteiger partial charge is 0.409 e. The number of benzene rings is 1. The molecule has 0 saturated heterocycles. The molecule has 0 fully saturated rings. The van der Waals surface area contributed by atoms with Crippen LogP contribution in [0.3, 0.4) is 0 Å². The molecule has 1 aromatic carbocycles. The van der Waals surface area contributed by atoms with E-state index in [1.165, 1.54) is 0 Å². The number of nitrogens with two attached hydrogens (primary N) is 1. The van der Waals surface area contributed by atoms with Crippen molar-refractivity contribution in [3.8, 4) is 0 Å². The number of aryl methyl sites for hydroxylation is 1. The van der Waals surface area contributed by atoms with Crippen LogP contribution in [0, 0.1) is 0 Å². The molecule has 3 N–H and O–H groups in total. The third-order valence-corrected chi connectivity index (χ3v) is 3.15. The molecule has 20 heavy (non-hydrogen) atoms. The van der Waals surface area contributed by atoms with Gasteiger partial charge in [-0.2, -0.15) is 0 Å². The van der Waals surface area contributed by atoms with Crippen molar-refractivity contribution in [2.45, 2.75) is 39.2 Å². The second kappa shape index (κ2) is 8.19. The van der Waals surface area contributed by atoms with Gasteiger partial charge in [0.15, 0.2) is 0 Å². The molecule has 0 heterocycles. The molecule has 110 valence electrons. The van der Waals surface area contributed by atoms with Crippen molar-refractivity contribution in [3.05, 3.63) is 35.9 Å². The highest BCUT2D eigenvalue weighted by atomic mass is 16.4. The summed E-state index contributed by atoms with van der Waals surface area (Å²) in [4.78, 5) is 14.0. The highest BCUT2D eigenvalue weighted by Crippen LogP contribution is 2.08. The number of hydrogen-bond acceptors (Lipinski definition) is 3. The Morgan fingerprint density at radius 3 is 2.50 bits per heavy atom. The third kappa shape index (κ3) is 5.30. The maximum Gasteiger partial charge on any atom is 0.223 e. The number of nitrogens with zero attached hydrogens (tertiary/aromatic N) is 2. The van der Waals surface area contributed by atoms with Crippen LogP contribution in [-0.2, 0) is 11.2 Å². The van der Waals surface area contributed by atoms with Gasteiger partial charge in [0.25, 0.3) is 0 Å². The maximum absolute atomic E-state index is 12.2. The Morgan fingerprint density at radius 2 is 1.95 bits per heavy atom. The third-order valence-electron chi connectivity index (χ3n) is 3.15. The van der Waals surface area contributed by atoms with E-state index in [0.717, 1.165) is 12.0 Å². The van der Waals surface area contributed by atoms with E-state index in [1.54, 1.807) is 4.90 Å². The molecular formula is C15H23N3O2. The lowest BCUT2D eigenvalue weighted by atomic mass is 10.1. The van der Waals surface area contributed by atoms with Crippen molar-refractivity contribution in [1.82, 2.24) is 4.90 Å². The molecule has 0 aliphatic carbocycles. The minimum Gasteiger partial charge on any atom is -0.409 e. The summed E-state index contributed by atoms with van der Waals surface area (Å²) in [5.41, 5.74) is 6.60. The number of carbonyl (C=O) groups is 1. The number of oxime groups is 1. The Balaban J connectivity index is 2.52. The summed E-state index contributed by atoms with van der Waals surface area (Å²) >= 11 is 0. The fourth-order valence-electron chi connectivity index (χ4n) is 2.00. The fourth-order valence-corrected chi connectivity index (χ4v) is 2.00. The van der Waals surface area contributed by atoms with Crippen LogP contribution in [-0.4, -0.2) is 34.4 Å². The molecule has 5 nitrogen and oxygen atoms in total. The summed E-state index contributed by atoms with van der Waals surface area (Å²) in [6, 6.07) is 10.0. The number of carbonyl (C=O) groups excluding carboxylic acids is 1. The molecule has 0 saturated carbocycles. The molecule has 0 atom stereocenters. The van der Waals surface area contributed by atoms with Crippen LogP contribution >= 0.6 is 0 Å². The van der Waals surface area contributed by atoms with Gasteiger partial charge < -0.3 is 15.8 Å². The first-order valence-corrected chi connectivity index (χ1v) is 6.84. The lowest BCUT2D eigenvalue weighted by molar-refractivity contribution is -0.132. The summed E-state index contributed by atoms with van der Waals surface area (Å²) in [6.45, 7) is 4.40. The Kier molecular flexibility index (Phi) is 6.56. The topological polar surface area (TPSA) is 78.9 Å². The zero-order valence-corrected chi connectivity index (χ0v) is 12.1. The van der Waals surface area contributed by atoms with Gasteiger partial charge in [0.2, 0.25) is 5.91 Å². The average molecular weight is 277 g/mol. The Bertz CT molecular complexity index is 444.